The maximum atomic E-state index is 12.7. The van der Waals surface area contributed by atoms with Gasteiger partial charge in [0.2, 0.25) is 5.91 Å². The summed E-state index contributed by atoms with van der Waals surface area (Å²) in [4.78, 5) is 39.9. The standard InChI is InChI=1S/C21H26N2O4/c24-19-16-6-2-3-7-17(16)27-21(26)18(19)20(25)22-14-8-10-15(11-9-14)23-12-4-1-5-13-23/h8-11,16-18H,1-7,12-13H2,(H,22,25). The number of Topliss-reactive ketones (excluding diaryl/α,β-unsaturated/α-hetero) is 1. The van der Waals surface area contributed by atoms with Gasteiger partial charge in [0.15, 0.2) is 11.7 Å². The Bertz CT molecular complexity index is 724. The number of nitrogens with one attached hydrogen (secondary N) is 1. The summed E-state index contributed by atoms with van der Waals surface area (Å²) in [6, 6.07) is 7.59. The van der Waals surface area contributed by atoms with E-state index in [0.717, 1.165) is 31.6 Å². The molecular formula is C21H26N2O4. The Balaban J connectivity index is 1.42. The van der Waals surface area contributed by atoms with Crippen LogP contribution in [0, 0.1) is 11.8 Å². The second kappa shape index (κ2) is 7.71. The Kier molecular flexibility index (Phi) is 5.14. The van der Waals surface area contributed by atoms with Gasteiger partial charge in [-0.2, -0.15) is 0 Å². The van der Waals surface area contributed by atoms with Crippen molar-refractivity contribution in [3.05, 3.63) is 24.3 Å². The van der Waals surface area contributed by atoms with Gasteiger partial charge in [-0.15, -0.1) is 0 Å². The Morgan fingerprint density at radius 1 is 0.963 bits per heavy atom. The molecule has 3 fully saturated rings. The van der Waals surface area contributed by atoms with Gasteiger partial charge in [-0.25, -0.2) is 0 Å². The van der Waals surface area contributed by atoms with Crippen LogP contribution in [-0.4, -0.2) is 36.9 Å². The van der Waals surface area contributed by atoms with Gasteiger partial charge in [-0.05, 0) is 62.8 Å². The van der Waals surface area contributed by atoms with Crippen molar-refractivity contribution < 1.29 is 19.1 Å². The molecule has 1 N–H and O–H groups in total. The third-order valence-corrected chi connectivity index (χ3v) is 5.97. The summed E-state index contributed by atoms with van der Waals surface area (Å²) in [5.41, 5.74) is 1.72. The fraction of sp³-hybridized carbons (Fsp3) is 0.571. The van der Waals surface area contributed by atoms with Gasteiger partial charge in [-0.1, -0.05) is 6.42 Å². The number of esters is 1. The highest BCUT2D eigenvalue weighted by atomic mass is 16.5. The molecule has 0 spiro atoms. The van der Waals surface area contributed by atoms with E-state index in [-0.39, 0.29) is 17.8 Å². The first-order valence-corrected chi connectivity index (χ1v) is 10.0. The second-order valence-corrected chi connectivity index (χ2v) is 7.79. The van der Waals surface area contributed by atoms with E-state index in [9.17, 15) is 14.4 Å². The number of nitrogens with zero attached hydrogens (tertiary/aromatic N) is 1. The van der Waals surface area contributed by atoms with E-state index in [1.54, 1.807) is 0 Å². The molecule has 1 aromatic rings. The number of hydrogen-bond donors (Lipinski definition) is 1. The van der Waals surface area contributed by atoms with Crippen LogP contribution in [-0.2, 0) is 19.1 Å². The average molecular weight is 370 g/mol. The van der Waals surface area contributed by atoms with E-state index in [1.807, 2.05) is 24.3 Å². The average Bonchev–Trinajstić information content (AvgIpc) is 2.69. The number of rotatable bonds is 3. The highest BCUT2D eigenvalue weighted by molar-refractivity contribution is 6.21. The lowest BCUT2D eigenvalue weighted by Crippen LogP contribution is -2.51. The van der Waals surface area contributed by atoms with Gasteiger partial charge in [0.1, 0.15) is 6.10 Å². The van der Waals surface area contributed by atoms with Crippen LogP contribution in [0.3, 0.4) is 0 Å². The van der Waals surface area contributed by atoms with Crippen LogP contribution in [0.15, 0.2) is 24.3 Å². The number of amides is 1. The lowest BCUT2D eigenvalue weighted by atomic mass is 9.77. The molecule has 1 aliphatic carbocycles. The summed E-state index contributed by atoms with van der Waals surface area (Å²) < 4.78 is 5.40. The van der Waals surface area contributed by atoms with Crippen LogP contribution in [0.5, 0.6) is 0 Å². The highest BCUT2D eigenvalue weighted by Crippen LogP contribution is 2.34. The number of benzene rings is 1. The van der Waals surface area contributed by atoms with Crippen molar-refractivity contribution in [2.24, 2.45) is 11.8 Å². The van der Waals surface area contributed by atoms with Crippen molar-refractivity contribution in [2.45, 2.75) is 51.0 Å². The first kappa shape index (κ1) is 18.0. The van der Waals surface area contributed by atoms with Crippen LogP contribution in [0.2, 0.25) is 0 Å². The van der Waals surface area contributed by atoms with Crippen molar-refractivity contribution >= 4 is 29.0 Å². The molecule has 3 unspecified atom stereocenters. The minimum absolute atomic E-state index is 0.279. The molecule has 0 bridgehead atoms. The predicted molar refractivity (Wildman–Crippen MR) is 101 cm³/mol. The monoisotopic (exact) mass is 370 g/mol. The number of fused-ring (bicyclic) bond motifs is 1. The van der Waals surface area contributed by atoms with Crippen molar-refractivity contribution in [3.63, 3.8) is 0 Å². The quantitative estimate of drug-likeness (QED) is 0.654. The Hall–Kier alpha value is -2.37. The smallest absolute Gasteiger partial charge is 0.326 e. The van der Waals surface area contributed by atoms with Crippen molar-refractivity contribution in [1.82, 2.24) is 0 Å². The van der Waals surface area contributed by atoms with Crippen molar-refractivity contribution in [1.29, 1.82) is 0 Å². The van der Waals surface area contributed by atoms with Crippen LogP contribution >= 0.6 is 0 Å². The minimum atomic E-state index is -1.34. The van der Waals surface area contributed by atoms with Crippen molar-refractivity contribution in [3.8, 4) is 0 Å². The fourth-order valence-electron chi connectivity index (χ4n) is 4.47. The van der Waals surface area contributed by atoms with Gasteiger partial charge < -0.3 is 15.0 Å². The van der Waals surface area contributed by atoms with E-state index >= 15 is 0 Å². The molecule has 3 atom stereocenters. The summed E-state index contributed by atoms with van der Waals surface area (Å²) in [5.74, 6) is -3.23. The molecule has 1 saturated carbocycles. The lowest BCUT2D eigenvalue weighted by molar-refractivity contribution is -0.174. The summed E-state index contributed by atoms with van der Waals surface area (Å²) in [6.07, 6.45) is 6.65. The zero-order valence-corrected chi connectivity index (χ0v) is 15.5. The van der Waals surface area contributed by atoms with Crippen LogP contribution in [0.1, 0.15) is 44.9 Å². The van der Waals surface area contributed by atoms with E-state index in [1.165, 1.54) is 19.3 Å². The molecule has 27 heavy (non-hydrogen) atoms. The zero-order valence-electron chi connectivity index (χ0n) is 15.5. The molecule has 0 aromatic heterocycles. The molecule has 4 rings (SSSR count). The summed E-state index contributed by atoms with van der Waals surface area (Å²) in [7, 11) is 0. The second-order valence-electron chi connectivity index (χ2n) is 7.79. The molecule has 6 nitrogen and oxygen atoms in total. The number of anilines is 2. The fourth-order valence-corrected chi connectivity index (χ4v) is 4.47. The third kappa shape index (κ3) is 3.70. The number of ether oxygens (including phenoxy) is 1. The van der Waals surface area contributed by atoms with Gasteiger partial charge in [0, 0.05) is 24.5 Å². The normalized spacial score (nSPS) is 28.3. The molecule has 1 amide bonds. The van der Waals surface area contributed by atoms with Gasteiger partial charge in [0.25, 0.3) is 0 Å². The molecule has 2 heterocycles. The SMILES string of the molecule is O=C(Nc1ccc(N2CCCCC2)cc1)C1C(=O)OC2CCCCC2C1=O. The molecule has 2 saturated heterocycles. The largest absolute Gasteiger partial charge is 0.461 e. The predicted octanol–water partition coefficient (Wildman–Crippen LogP) is 2.92. The van der Waals surface area contributed by atoms with Crippen LogP contribution in [0.25, 0.3) is 0 Å². The van der Waals surface area contributed by atoms with E-state index in [4.69, 9.17) is 4.74 Å². The topological polar surface area (TPSA) is 75.7 Å². The van der Waals surface area contributed by atoms with Gasteiger partial charge in [0.05, 0.1) is 5.92 Å². The maximum absolute atomic E-state index is 12.7. The molecule has 1 aromatic carbocycles. The Morgan fingerprint density at radius 3 is 2.41 bits per heavy atom. The zero-order chi connectivity index (χ0) is 18.8. The highest BCUT2D eigenvalue weighted by Gasteiger charge is 2.49. The number of carbonyl (C=O) groups excluding carboxylic acids is 3. The van der Waals surface area contributed by atoms with Crippen LogP contribution < -0.4 is 10.2 Å². The molecule has 2 aliphatic heterocycles. The first-order valence-electron chi connectivity index (χ1n) is 10.0. The number of ketones is 1. The summed E-state index contributed by atoms with van der Waals surface area (Å²) in [5, 5.41) is 2.72. The Labute approximate surface area is 159 Å². The number of hydrogen-bond acceptors (Lipinski definition) is 5. The van der Waals surface area contributed by atoms with Gasteiger partial charge >= 0.3 is 5.97 Å². The van der Waals surface area contributed by atoms with Crippen molar-refractivity contribution in [2.75, 3.05) is 23.3 Å². The third-order valence-electron chi connectivity index (χ3n) is 5.97. The van der Waals surface area contributed by atoms with Crippen LogP contribution in [0.4, 0.5) is 11.4 Å². The van der Waals surface area contributed by atoms with E-state index < -0.39 is 17.8 Å². The Morgan fingerprint density at radius 2 is 1.67 bits per heavy atom. The number of carbonyl (C=O) groups is 3. The molecule has 0 radical (unpaired) electrons. The molecule has 144 valence electrons. The van der Waals surface area contributed by atoms with E-state index in [2.05, 4.69) is 10.2 Å². The molecule has 6 heteroatoms. The lowest BCUT2D eigenvalue weighted by Gasteiger charge is -2.36. The number of piperidine rings is 1. The van der Waals surface area contributed by atoms with Gasteiger partial charge in [-0.3, -0.25) is 14.4 Å². The summed E-state index contributed by atoms with van der Waals surface area (Å²) in [6.45, 7) is 2.10. The summed E-state index contributed by atoms with van der Waals surface area (Å²) >= 11 is 0. The minimum Gasteiger partial charge on any atom is -0.461 e. The maximum Gasteiger partial charge on any atom is 0.326 e. The molecular weight excluding hydrogens is 344 g/mol. The molecule has 3 aliphatic rings. The van der Waals surface area contributed by atoms with E-state index in [0.29, 0.717) is 18.5 Å². The first-order chi connectivity index (χ1) is 13.1.